The van der Waals surface area contributed by atoms with Crippen molar-refractivity contribution in [1.82, 2.24) is 9.88 Å². The number of likely N-dealkylation sites (tertiary alicyclic amines) is 1. The molecule has 5 rings (SSSR count). The molecule has 1 amide bonds. The van der Waals surface area contributed by atoms with Gasteiger partial charge in [-0.2, -0.15) is 0 Å². The molecule has 1 unspecified atom stereocenters. The van der Waals surface area contributed by atoms with Gasteiger partial charge in [0.05, 0.1) is 0 Å². The number of aromatic amines is 1. The van der Waals surface area contributed by atoms with E-state index in [9.17, 15) is 9.18 Å². The number of fused-ring (bicyclic) bond motifs is 2. The number of rotatable bonds is 4. The second-order valence-corrected chi connectivity index (χ2v) is 8.84. The number of nitrogens with one attached hydrogen (secondary N) is 2. The number of H-pyrrole nitrogens is 1. The smallest absolute Gasteiger partial charge is 0.221 e. The third-order valence-corrected chi connectivity index (χ3v) is 6.85. The summed E-state index contributed by atoms with van der Waals surface area (Å²) in [5.41, 5.74) is 6.00. The average molecular weight is 406 g/mol. The predicted molar refractivity (Wildman–Crippen MR) is 118 cm³/mol. The summed E-state index contributed by atoms with van der Waals surface area (Å²) < 4.78 is 13.7. The highest BCUT2D eigenvalue weighted by molar-refractivity contribution is 5.88. The van der Waals surface area contributed by atoms with Gasteiger partial charge in [-0.15, -0.1) is 0 Å². The number of anilines is 1. The molecule has 1 fully saturated rings. The van der Waals surface area contributed by atoms with Crippen molar-refractivity contribution in [1.29, 1.82) is 0 Å². The van der Waals surface area contributed by atoms with Crippen molar-refractivity contribution < 1.29 is 9.18 Å². The van der Waals surface area contributed by atoms with E-state index < -0.39 is 0 Å². The quantitative estimate of drug-likeness (QED) is 0.629. The van der Waals surface area contributed by atoms with E-state index >= 15 is 0 Å². The van der Waals surface area contributed by atoms with Gasteiger partial charge in [-0.25, -0.2) is 4.39 Å². The van der Waals surface area contributed by atoms with Crippen molar-refractivity contribution in [2.24, 2.45) is 0 Å². The van der Waals surface area contributed by atoms with Gasteiger partial charge < -0.3 is 15.2 Å². The molecule has 0 radical (unpaired) electrons. The molecule has 0 saturated carbocycles. The van der Waals surface area contributed by atoms with E-state index in [1.165, 1.54) is 29.2 Å². The maximum atomic E-state index is 13.7. The van der Waals surface area contributed by atoms with Crippen LogP contribution in [-0.2, 0) is 11.2 Å². The lowest BCUT2D eigenvalue weighted by Crippen LogP contribution is -2.35. The second kappa shape index (κ2) is 7.88. The molecule has 2 aromatic carbocycles. The molecule has 1 aliphatic carbocycles. The first-order chi connectivity index (χ1) is 14.6. The van der Waals surface area contributed by atoms with E-state index in [1.807, 2.05) is 12.1 Å². The Morgan fingerprint density at radius 1 is 1.13 bits per heavy atom. The van der Waals surface area contributed by atoms with Crippen molar-refractivity contribution >= 4 is 22.5 Å². The first kappa shape index (κ1) is 19.3. The van der Waals surface area contributed by atoms with E-state index in [0.29, 0.717) is 11.8 Å². The minimum absolute atomic E-state index is 0.0243. The lowest BCUT2D eigenvalue weighted by molar-refractivity contribution is -0.114. The summed E-state index contributed by atoms with van der Waals surface area (Å²) in [7, 11) is 0. The summed E-state index contributed by atoms with van der Waals surface area (Å²) in [5, 5.41) is 3.95. The van der Waals surface area contributed by atoms with Gasteiger partial charge in [-0.3, -0.25) is 4.79 Å². The number of hydrogen-bond acceptors (Lipinski definition) is 2. The molecule has 30 heavy (non-hydrogen) atoms. The lowest BCUT2D eigenvalue weighted by atomic mass is 9.88. The number of halogens is 1. The van der Waals surface area contributed by atoms with Crippen LogP contribution in [-0.4, -0.2) is 35.4 Å². The molecule has 1 aromatic heterocycles. The van der Waals surface area contributed by atoms with Gasteiger partial charge in [0, 0.05) is 36.3 Å². The Labute approximate surface area is 176 Å². The van der Waals surface area contributed by atoms with Crippen molar-refractivity contribution in [3.8, 4) is 0 Å². The molecule has 4 nitrogen and oxygen atoms in total. The molecule has 5 heteroatoms. The Kier molecular flexibility index (Phi) is 5.07. The van der Waals surface area contributed by atoms with E-state index in [0.717, 1.165) is 55.5 Å². The minimum Gasteiger partial charge on any atom is -0.361 e. The van der Waals surface area contributed by atoms with Gasteiger partial charge in [0.2, 0.25) is 5.91 Å². The van der Waals surface area contributed by atoms with Crippen LogP contribution in [0, 0.1) is 5.82 Å². The molecule has 1 saturated heterocycles. The number of nitrogens with zero attached hydrogens (tertiary/aromatic N) is 1. The van der Waals surface area contributed by atoms with Crippen molar-refractivity contribution in [3.05, 3.63) is 65.1 Å². The standard InChI is InChI=1S/C25H28FN3O/c1-16(30)28-21-6-4-17-2-3-19(22(17)13-21)15-29-10-8-18(9-11-29)24-14-27-25-7-5-20(26)12-23(24)25/h4-7,12-14,18-19,27H,2-3,8-11,15H2,1H3,(H,28,30). The molecule has 1 aliphatic heterocycles. The summed E-state index contributed by atoms with van der Waals surface area (Å²) >= 11 is 0. The Balaban J connectivity index is 1.24. The highest BCUT2D eigenvalue weighted by Gasteiger charge is 2.28. The topological polar surface area (TPSA) is 48.1 Å². The van der Waals surface area contributed by atoms with Gasteiger partial charge in [-0.05, 0) is 97.6 Å². The number of aryl methyl sites for hydroxylation is 1. The molecule has 2 aliphatic rings. The van der Waals surface area contributed by atoms with Gasteiger partial charge in [0.15, 0.2) is 0 Å². The Bertz CT molecular complexity index is 1080. The van der Waals surface area contributed by atoms with Gasteiger partial charge in [-0.1, -0.05) is 6.07 Å². The highest BCUT2D eigenvalue weighted by atomic mass is 19.1. The zero-order valence-electron chi connectivity index (χ0n) is 17.4. The normalized spacial score (nSPS) is 19.9. The van der Waals surface area contributed by atoms with Crippen molar-refractivity contribution in [2.45, 2.75) is 44.4 Å². The summed E-state index contributed by atoms with van der Waals surface area (Å²) in [5.74, 6) is 0.828. The van der Waals surface area contributed by atoms with Crippen molar-refractivity contribution in [2.75, 3.05) is 25.0 Å². The average Bonchev–Trinajstić information content (AvgIpc) is 3.32. The van der Waals surface area contributed by atoms with E-state index in [1.54, 1.807) is 13.0 Å². The molecule has 0 bridgehead atoms. The van der Waals surface area contributed by atoms with Gasteiger partial charge in [0.25, 0.3) is 0 Å². The second-order valence-electron chi connectivity index (χ2n) is 8.84. The molecule has 2 heterocycles. The Hall–Kier alpha value is -2.66. The van der Waals surface area contributed by atoms with Crippen LogP contribution in [0.2, 0.25) is 0 Å². The van der Waals surface area contributed by atoms with E-state index in [2.05, 4.69) is 33.5 Å². The zero-order chi connectivity index (χ0) is 20.7. The predicted octanol–water partition coefficient (Wildman–Crippen LogP) is 5.17. The fourth-order valence-corrected chi connectivity index (χ4v) is 5.35. The maximum absolute atomic E-state index is 13.7. The number of aromatic nitrogens is 1. The summed E-state index contributed by atoms with van der Waals surface area (Å²) in [6.07, 6.45) is 6.59. The molecule has 1 atom stereocenters. The van der Waals surface area contributed by atoms with Crippen LogP contribution in [0.1, 0.15) is 54.7 Å². The van der Waals surface area contributed by atoms with Crippen LogP contribution >= 0.6 is 0 Å². The van der Waals surface area contributed by atoms with E-state index in [-0.39, 0.29) is 11.7 Å². The third-order valence-electron chi connectivity index (χ3n) is 6.85. The van der Waals surface area contributed by atoms with Crippen LogP contribution in [0.25, 0.3) is 10.9 Å². The van der Waals surface area contributed by atoms with Crippen LogP contribution in [0.5, 0.6) is 0 Å². The lowest BCUT2D eigenvalue weighted by Gasteiger charge is -2.33. The first-order valence-electron chi connectivity index (χ1n) is 11.0. The van der Waals surface area contributed by atoms with Crippen LogP contribution in [0.3, 0.4) is 0 Å². The number of hydrogen-bond donors (Lipinski definition) is 2. The van der Waals surface area contributed by atoms with Crippen LogP contribution in [0.4, 0.5) is 10.1 Å². The van der Waals surface area contributed by atoms with Crippen LogP contribution in [0.15, 0.2) is 42.6 Å². The first-order valence-corrected chi connectivity index (χ1v) is 11.0. The fourth-order valence-electron chi connectivity index (χ4n) is 5.35. The molecule has 2 N–H and O–H groups in total. The Morgan fingerprint density at radius 2 is 1.97 bits per heavy atom. The summed E-state index contributed by atoms with van der Waals surface area (Å²) in [6.45, 7) is 4.77. The highest BCUT2D eigenvalue weighted by Crippen LogP contribution is 2.38. The minimum atomic E-state index is -0.167. The number of carbonyl (C=O) groups is 1. The number of piperidine rings is 1. The molecule has 156 valence electrons. The summed E-state index contributed by atoms with van der Waals surface area (Å²) in [6, 6.07) is 11.4. The van der Waals surface area contributed by atoms with Crippen molar-refractivity contribution in [3.63, 3.8) is 0 Å². The molecule has 0 spiro atoms. The fraction of sp³-hybridized carbons (Fsp3) is 0.400. The van der Waals surface area contributed by atoms with E-state index in [4.69, 9.17) is 0 Å². The van der Waals surface area contributed by atoms with Crippen LogP contribution < -0.4 is 5.32 Å². The molecule has 3 aromatic rings. The maximum Gasteiger partial charge on any atom is 0.221 e. The third kappa shape index (κ3) is 3.74. The van der Waals surface area contributed by atoms with Gasteiger partial charge >= 0.3 is 0 Å². The summed E-state index contributed by atoms with van der Waals surface area (Å²) in [4.78, 5) is 17.3. The Morgan fingerprint density at radius 3 is 2.77 bits per heavy atom. The monoisotopic (exact) mass is 405 g/mol. The zero-order valence-corrected chi connectivity index (χ0v) is 17.4. The largest absolute Gasteiger partial charge is 0.361 e. The number of carbonyl (C=O) groups excluding carboxylic acids is 1. The number of amides is 1. The molecular formula is C25H28FN3O. The molecular weight excluding hydrogens is 377 g/mol. The van der Waals surface area contributed by atoms with Gasteiger partial charge in [0.1, 0.15) is 5.82 Å². The number of benzene rings is 2. The SMILES string of the molecule is CC(=O)Nc1ccc2c(c1)C(CN1CCC(c3c[nH]c4ccc(F)cc34)CC1)CC2.